The number of ether oxygens (including phenoxy) is 1. The average Bonchev–Trinajstić information content (AvgIpc) is 2.48. The summed E-state index contributed by atoms with van der Waals surface area (Å²) in [5, 5.41) is 11.2. The maximum Gasteiger partial charge on any atom is 0.335 e. The summed E-state index contributed by atoms with van der Waals surface area (Å²) in [4.78, 5) is 22.5. The van der Waals surface area contributed by atoms with Crippen molar-refractivity contribution in [2.45, 2.75) is 38.2 Å². The molecule has 1 aromatic rings. The van der Waals surface area contributed by atoms with Crippen LogP contribution >= 0.6 is 0 Å². The SMILES string of the molecule is O=C(CCC1CCCCO1)Nc1ccc(C(=O)O)cc1F. The number of hydrogen-bond donors (Lipinski definition) is 2. The van der Waals surface area contributed by atoms with Crippen molar-refractivity contribution < 1.29 is 23.8 Å². The van der Waals surface area contributed by atoms with Crippen LogP contribution in [-0.2, 0) is 9.53 Å². The highest BCUT2D eigenvalue weighted by molar-refractivity contribution is 5.92. The third-order valence-electron chi connectivity index (χ3n) is 3.46. The lowest BCUT2D eigenvalue weighted by Crippen LogP contribution is -2.22. The molecule has 1 aliphatic heterocycles. The molecule has 1 unspecified atom stereocenters. The number of rotatable bonds is 5. The van der Waals surface area contributed by atoms with E-state index in [4.69, 9.17) is 9.84 Å². The molecule has 1 atom stereocenters. The van der Waals surface area contributed by atoms with Crippen LogP contribution in [0.5, 0.6) is 0 Å². The predicted octanol–water partition coefficient (Wildman–Crippen LogP) is 2.81. The Bertz CT molecular complexity index is 526. The predicted molar refractivity (Wildman–Crippen MR) is 74.8 cm³/mol. The van der Waals surface area contributed by atoms with Crippen molar-refractivity contribution in [3.63, 3.8) is 0 Å². The molecule has 1 fully saturated rings. The second kappa shape index (κ2) is 7.17. The van der Waals surface area contributed by atoms with Crippen molar-refractivity contribution in [3.05, 3.63) is 29.6 Å². The molecule has 2 rings (SSSR count). The van der Waals surface area contributed by atoms with Crippen molar-refractivity contribution in [1.29, 1.82) is 0 Å². The van der Waals surface area contributed by atoms with E-state index in [-0.39, 0.29) is 29.7 Å². The molecule has 1 amide bonds. The number of carboxylic acids is 1. The second-order valence-electron chi connectivity index (χ2n) is 5.08. The minimum absolute atomic E-state index is 0.00503. The number of nitrogens with one attached hydrogen (secondary N) is 1. The smallest absolute Gasteiger partial charge is 0.335 e. The highest BCUT2D eigenvalue weighted by Gasteiger charge is 2.16. The van der Waals surface area contributed by atoms with Crippen molar-refractivity contribution in [3.8, 4) is 0 Å². The number of benzene rings is 1. The van der Waals surface area contributed by atoms with Gasteiger partial charge in [-0.2, -0.15) is 0 Å². The molecule has 1 heterocycles. The normalized spacial score (nSPS) is 18.2. The van der Waals surface area contributed by atoms with Gasteiger partial charge in [-0.1, -0.05) is 0 Å². The van der Waals surface area contributed by atoms with E-state index >= 15 is 0 Å². The standard InChI is InChI=1S/C15H18FNO4/c16-12-9-10(15(19)20)4-6-13(12)17-14(18)7-5-11-3-1-2-8-21-11/h4,6,9,11H,1-3,5,7-8H2,(H,17,18)(H,19,20). The largest absolute Gasteiger partial charge is 0.478 e. The quantitative estimate of drug-likeness (QED) is 0.876. The first-order valence-electron chi connectivity index (χ1n) is 7.00. The fraction of sp³-hybridized carbons (Fsp3) is 0.467. The van der Waals surface area contributed by atoms with Crippen LogP contribution in [-0.4, -0.2) is 29.7 Å². The van der Waals surface area contributed by atoms with Crippen molar-refractivity contribution in [2.24, 2.45) is 0 Å². The van der Waals surface area contributed by atoms with E-state index in [1.54, 1.807) is 0 Å². The van der Waals surface area contributed by atoms with Crippen LogP contribution in [0.25, 0.3) is 0 Å². The number of halogens is 1. The Labute approximate surface area is 122 Å². The minimum Gasteiger partial charge on any atom is -0.478 e. The summed E-state index contributed by atoms with van der Waals surface area (Å²) in [6.45, 7) is 0.734. The molecule has 0 aliphatic carbocycles. The third kappa shape index (κ3) is 4.53. The number of carbonyl (C=O) groups is 2. The molecule has 0 bridgehead atoms. The summed E-state index contributed by atoms with van der Waals surface area (Å²) in [6, 6.07) is 3.40. The van der Waals surface area contributed by atoms with Gasteiger partial charge < -0.3 is 15.2 Å². The maximum absolute atomic E-state index is 13.7. The molecule has 0 saturated carbocycles. The third-order valence-corrected chi connectivity index (χ3v) is 3.46. The highest BCUT2D eigenvalue weighted by atomic mass is 19.1. The first-order valence-corrected chi connectivity index (χ1v) is 7.00. The van der Waals surface area contributed by atoms with E-state index in [1.165, 1.54) is 12.1 Å². The monoisotopic (exact) mass is 295 g/mol. The Kier molecular flexibility index (Phi) is 5.27. The summed E-state index contributed by atoms with van der Waals surface area (Å²) in [5.74, 6) is -2.26. The molecule has 21 heavy (non-hydrogen) atoms. The Balaban J connectivity index is 1.85. The van der Waals surface area contributed by atoms with Gasteiger partial charge in [-0.05, 0) is 43.9 Å². The molecule has 0 radical (unpaired) electrons. The summed E-state index contributed by atoms with van der Waals surface area (Å²) in [7, 11) is 0. The maximum atomic E-state index is 13.7. The van der Waals surface area contributed by atoms with Crippen LogP contribution in [0.3, 0.4) is 0 Å². The van der Waals surface area contributed by atoms with E-state index in [9.17, 15) is 14.0 Å². The molecule has 0 aromatic heterocycles. The number of carboxylic acid groups (broad SMARTS) is 1. The Hall–Kier alpha value is -1.95. The van der Waals surface area contributed by atoms with Gasteiger partial charge in [0.1, 0.15) is 5.82 Å². The molecule has 2 N–H and O–H groups in total. The molecule has 1 saturated heterocycles. The average molecular weight is 295 g/mol. The Morgan fingerprint density at radius 3 is 2.81 bits per heavy atom. The zero-order chi connectivity index (χ0) is 15.2. The first kappa shape index (κ1) is 15.4. The van der Waals surface area contributed by atoms with Crippen LogP contribution in [0.15, 0.2) is 18.2 Å². The van der Waals surface area contributed by atoms with Gasteiger partial charge in [-0.15, -0.1) is 0 Å². The molecule has 1 aromatic carbocycles. The fourth-order valence-corrected chi connectivity index (χ4v) is 2.29. The molecular formula is C15H18FNO4. The topological polar surface area (TPSA) is 75.6 Å². The van der Waals surface area contributed by atoms with E-state index in [2.05, 4.69) is 5.32 Å². The first-order chi connectivity index (χ1) is 10.1. The van der Waals surface area contributed by atoms with E-state index in [0.29, 0.717) is 6.42 Å². The van der Waals surface area contributed by atoms with Gasteiger partial charge in [0.2, 0.25) is 5.91 Å². The van der Waals surface area contributed by atoms with Crippen molar-refractivity contribution in [1.82, 2.24) is 0 Å². The van der Waals surface area contributed by atoms with E-state index in [0.717, 1.165) is 31.9 Å². The molecule has 114 valence electrons. The summed E-state index contributed by atoms with van der Waals surface area (Å²) in [5.41, 5.74) is -0.157. The zero-order valence-corrected chi connectivity index (χ0v) is 11.6. The van der Waals surface area contributed by atoms with Gasteiger partial charge in [-0.25, -0.2) is 9.18 Å². The molecule has 5 nitrogen and oxygen atoms in total. The number of amides is 1. The van der Waals surface area contributed by atoms with Crippen molar-refractivity contribution in [2.75, 3.05) is 11.9 Å². The van der Waals surface area contributed by atoms with Crippen LogP contribution in [0.1, 0.15) is 42.5 Å². The van der Waals surface area contributed by atoms with Crippen LogP contribution in [0, 0.1) is 5.82 Å². The summed E-state index contributed by atoms with van der Waals surface area (Å²) in [6.07, 6.45) is 4.09. The van der Waals surface area contributed by atoms with Gasteiger partial charge in [0.05, 0.1) is 17.4 Å². The Morgan fingerprint density at radius 1 is 1.38 bits per heavy atom. The molecular weight excluding hydrogens is 277 g/mol. The number of aromatic carboxylic acids is 1. The number of anilines is 1. The van der Waals surface area contributed by atoms with Gasteiger partial charge >= 0.3 is 5.97 Å². The fourth-order valence-electron chi connectivity index (χ4n) is 2.29. The molecule has 1 aliphatic rings. The number of hydrogen-bond acceptors (Lipinski definition) is 3. The second-order valence-corrected chi connectivity index (χ2v) is 5.08. The Morgan fingerprint density at radius 2 is 2.19 bits per heavy atom. The van der Waals surface area contributed by atoms with E-state index < -0.39 is 11.8 Å². The van der Waals surface area contributed by atoms with Crippen LogP contribution in [0.4, 0.5) is 10.1 Å². The van der Waals surface area contributed by atoms with Gasteiger partial charge in [0, 0.05) is 13.0 Å². The van der Waals surface area contributed by atoms with Gasteiger partial charge in [-0.3, -0.25) is 4.79 Å². The zero-order valence-electron chi connectivity index (χ0n) is 11.6. The lowest BCUT2D eigenvalue weighted by atomic mass is 10.0. The van der Waals surface area contributed by atoms with E-state index in [1.807, 2.05) is 0 Å². The van der Waals surface area contributed by atoms with Crippen LogP contribution in [0.2, 0.25) is 0 Å². The highest BCUT2D eigenvalue weighted by Crippen LogP contribution is 2.19. The van der Waals surface area contributed by atoms with Gasteiger partial charge in [0.15, 0.2) is 0 Å². The minimum atomic E-state index is -1.21. The lowest BCUT2D eigenvalue weighted by molar-refractivity contribution is -0.117. The number of carbonyl (C=O) groups excluding carboxylic acids is 1. The summed E-state index contributed by atoms with van der Waals surface area (Å²) < 4.78 is 19.2. The van der Waals surface area contributed by atoms with Gasteiger partial charge in [0.25, 0.3) is 0 Å². The van der Waals surface area contributed by atoms with Crippen molar-refractivity contribution >= 4 is 17.6 Å². The molecule has 0 spiro atoms. The van der Waals surface area contributed by atoms with Crippen LogP contribution < -0.4 is 5.32 Å². The lowest BCUT2D eigenvalue weighted by Gasteiger charge is -2.22. The molecule has 6 heteroatoms. The summed E-state index contributed by atoms with van der Waals surface area (Å²) >= 11 is 0.